The van der Waals surface area contributed by atoms with Gasteiger partial charge in [-0.3, -0.25) is 11.3 Å². The number of hydrazine groups is 1. The van der Waals surface area contributed by atoms with Crippen molar-refractivity contribution in [3.63, 3.8) is 0 Å². The van der Waals surface area contributed by atoms with E-state index in [0.29, 0.717) is 5.56 Å². The summed E-state index contributed by atoms with van der Waals surface area (Å²) < 4.78 is 89.3. The van der Waals surface area contributed by atoms with E-state index in [4.69, 9.17) is 5.84 Å². The first-order valence-corrected chi connectivity index (χ1v) is 5.34. The van der Waals surface area contributed by atoms with E-state index in [1.165, 1.54) is 18.4 Å². The lowest BCUT2D eigenvalue weighted by molar-refractivity contribution is -0.293. The lowest BCUT2D eigenvalue weighted by Crippen LogP contribution is -2.48. The van der Waals surface area contributed by atoms with Gasteiger partial charge in [0.15, 0.2) is 5.92 Å². The summed E-state index contributed by atoms with van der Waals surface area (Å²) in [6.07, 6.45) is -11.2. The molecule has 0 spiro atoms. The minimum absolute atomic E-state index is 0.310. The van der Waals surface area contributed by atoms with E-state index in [9.17, 15) is 30.7 Å². The number of benzene rings is 1. The molecule has 9 heteroatoms. The molecule has 0 fully saturated rings. The summed E-state index contributed by atoms with van der Waals surface area (Å²) in [6, 6.07) is 0.445. The fraction of sp³-hybridized carbons (Fsp3) is 0.455. The van der Waals surface area contributed by atoms with Crippen LogP contribution in [-0.4, -0.2) is 12.4 Å². The van der Waals surface area contributed by atoms with Crippen molar-refractivity contribution in [2.45, 2.75) is 25.3 Å². The molecule has 1 atom stereocenters. The molecular formula is C11H11F7N2. The van der Waals surface area contributed by atoms with E-state index in [2.05, 4.69) is 0 Å². The van der Waals surface area contributed by atoms with Crippen LogP contribution < -0.4 is 11.3 Å². The Balaban J connectivity index is 3.38. The molecule has 0 radical (unpaired) electrons. The smallest absolute Gasteiger partial charge is 0.271 e. The first kappa shape index (κ1) is 16.7. The van der Waals surface area contributed by atoms with Crippen molar-refractivity contribution in [3.8, 4) is 0 Å². The normalized spacial score (nSPS) is 14.7. The van der Waals surface area contributed by atoms with Crippen LogP contribution in [0.4, 0.5) is 30.7 Å². The zero-order valence-electron chi connectivity index (χ0n) is 10.1. The number of rotatable bonds is 3. The minimum atomic E-state index is -5.62. The molecule has 20 heavy (non-hydrogen) atoms. The van der Waals surface area contributed by atoms with Gasteiger partial charge in [0.2, 0.25) is 0 Å². The number of hydrogen-bond acceptors (Lipinski definition) is 2. The van der Waals surface area contributed by atoms with Crippen molar-refractivity contribution in [1.29, 1.82) is 0 Å². The Morgan fingerprint density at radius 1 is 1.05 bits per heavy atom. The summed E-state index contributed by atoms with van der Waals surface area (Å²) in [5.74, 6) is -0.205. The average molecular weight is 304 g/mol. The highest BCUT2D eigenvalue weighted by atomic mass is 19.4. The van der Waals surface area contributed by atoms with Crippen LogP contribution in [0, 0.1) is 18.7 Å². The number of nitrogens with one attached hydrogen (secondary N) is 1. The van der Waals surface area contributed by atoms with Crippen LogP contribution >= 0.6 is 0 Å². The maximum Gasteiger partial charge on any atom is 0.402 e. The Hall–Kier alpha value is -1.35. The van der Waals surface area contributed by atoms with Crippen LogP contribution in [0.1, 0.15) is 17.2 Å². The molecule has 3 N–H and O–H groups in total. The maximum atomic E-state index is 13.5. The average Bonchev–Trinajstić information content (AvgIpc) is 2.25. The monoisotopic (exact) mass is 304 g/mol. The molecule has 0 heterocycles. The second-order valence-corrected chi connectivity index (χ2v) is 4.23. The molecular weight excluding hydrogens is 293 g/mol. The number of aryl methyl sites for hydroxylation is 1. The first-order valence-electron chi connectivity index (χ1n) is 5.34. The molecule has 0 saturated heterocycles. The van der Waals surface area contributed by atoms with Gasteiger partial charge in [0.1, 0.15) is 5.82 Å². The standard InChI is InChI=1S/C11H11F7N2/c1-5-2-3-7(12)6(4-5)8(20-19)9(10(13,14)15)11(16,17)18/h2-4,8-9,20H,19H2,1H3. The van der Waals surface area contributed by atoms with Gasteiger partial charge in [0.05, 0.1) is 6.04 Å². The van der Waals surface area contributed by atoms with Crippen molar-refractivity contribution in [2.24, 2.45) is 11.8 Å². The lowest BCUT2D eigenvalue weighted by Gasteiger charge is -2.30. The van der Waals surface area contributed by atoms with E-state index in [1.807, 2.05) is 0 Å². The molecule has 0 saturated carbocycles. The second-order valence-electron chi connectivity index (χ2n) is 4.23. The van der Waals surface area contributed by atoms with E-state index in [-0.39, 0.29) is 0 Å². The summed E-state index contributed by atoms with van der Waals surface area (Å²) in [5.41, 5.74) is 0.944. The molecule has 1 unspecified atom stereocenters. The number of nitrogens with two attached hydrogens (primary N) is 1. The Kier molecular flexibility index (Phi) is 4.65. The number of halogens is 7. The molecule has 1 aromatic carbocycles. The van der Waals surface area contributed by atoms with Crippen LogP contribution in [0.5, 0.6) is 0 Å². The third-order valence-electron chi connectivity index (χ3n) is 2.70. The van der Waals surface area contributed by atoms with Gasteiger partial charge in [-0.2, -0.15) is 26.3 Å². The van der Waals surface area contributed by atoms with Gasteiger partial charge in [-0.15, -0.1) is 0 Å². The Labute approximate surface area is 109 Å². The molecule has 0 aliphatic heterocycles. The van der Waals surface area contributed by atoms with Crippen LogP contribution in [0.2, 0.25) is 0 Å². The van der Waals surface area contributed by atoms with Crippen molar-refractivity contribution in [1.82, 2.24) is 5.43 Å². The van der Waals surface area contributed by atoms with Crippen LogP contribution in [-0.2, 0) is 0 Å². The van der Waals surface area contributed by atoms with E-state index in [0.717, 1.165) is 12.1 Å². The predicted octanol–water partition coefficient (Wildman–Crippen LogP) is 3.38. The zero-order chi connectivity index (χ0) is 15.7. The Bertz CT molecular complexity index is 453. The molecule has 114 valence electrons. The number of alkyl halides is 6. The van der Waals surface area contributed by atoms with Gasteiger partial charge in [0.25, 0.3) is 0 Å². The molecule has 0 bridgehead atoms. The van der Waals surface area contributed by atoms with Gasteiger partial charge in [-0.1, -0.05) is 17.7 Å². The summed E-state index contributed by atoms with van der Waals surface area (Å²) in [7, 11) is 0. The van der Waals surface area contributed by atoms with E-state index < -0.39 is 35.7 Å². The molecule has 2 nitrogen and oxygen atoms in total. The molecule has 0 aromatic heterocycles. The predicted molar refractivity (Wildman–Crippen MR) is 56.8 cm³/mol. The number of hydrogen-bond donors (Lipinski definition) is 2. The summed E-state index contributed by atoms with van der Waals surface area (Å²) in [5, 5.41) is 0. The molecule has 1 aromatic rings. The molecule has 1 rings (SSSR count). The van der Waals surface area contributed by atoms with Gasteiger partial charge in [0, 0.05) is 5.56 Å². The topological polar surface area (TPSA) is 38.0 Å². The fourth-order valence-corrected chi connectivity index (χ4v) is 1.83. The highest BCUT2D eigenvalue weighted by Gasteiger charge is 2.60. The molecule has 0 aliphatic rings. The van der Waals surface area contributed by atoms with Gasteiger partial charge in [-0.05, 0) is 13.0 Å². The van der Waals surface area contributed by atoms with Crippen molar-refractivity contribution in [3.05, 3.63) is 35.1 Å². The lowest BCUT2D eigenvalue weighted by atomic mass is 9.91. The third-order valence-corrected chi connectivity index (χ3v) is 2.70. The highest BCUT2D eigenvalue weighted by molar-refractivity contribution is 5.28. The van der Waals surface area contributed by atoms with Crippen molar-refractivity contribution >= 4 is 0 Å². The SMILES string of the molecule is Cc1ccc(F)c(C(NN)C(C(F)(F)F)C(F)(F)F)c1. The van der Waals surface area contributed by atoms with E-state index >= 15 is 0 Å². The van der Waals surface area contributed by atoms with Gasteiger partial charge in [-0.25, -0.2) is 4.39 Å². The summed E-state index contributed by atoms with van der Waals surface area (Å²) in [4.78, 5) is 0. The highest BCUT2D eigenvalue weighted by Crippen LogP contribution is 2.46. The Morgan fingerprint density at radius 3 is 1.95 bits per heavy atom. The van der Waals surface area contributed by atoms with Crippen molar-refractivity contribution < 1.29 is 30.7 Å². The first-order chi connectivity index (χ1) is 8.98. The zero-order valence-corrected chi connectivity index (χ0v) is 10.1. The van der Waals surface area contributed by atoms with Crippen molar-refractivity contribution in [2.75, 3.05) is 0 Å². The summed E-state index contributed by atoms with van der Waals surface area (Å²) >= 11 is 0. The van der Waals surface area contributed by atoms with E-state index in [1.54, 1.807) is 0 Å². The van der Waals surface area contributed by atoms with Gasteiger partial charge >= 0.3 is 12.4 Å². The second kappa shape index (κ2) is 5.57. The van der Waals surface area contributed by atoms with Gasteiger partial charge < -0.3 is 0 Å². The fourth-order valence-electron chi connectivity index (χ4n) is 1.83. The van der Waals surface area contributed by atoms with Crippen LogP contribution in [0.25, 0.3) is 0 Å². The van der Waals surface area contributed by atoms with Crippen LogP contribution in [0.3, 0.4) is 0 Å². The Morgan fingerprint density at radius 2 is 1.55 bits per heavy atom. The largest absolute Gasteiger partial charge is 0.402 e. The van der Waals surface area contributed by atoms with Crippen LogP contribution in [0.15, 0.2) is 18.2 Å². The molecule has 0 aliphatic carbocycles. The third kappa shape index (κ3) is 3.60. The minimum Gasteiger partial charge on any atom is -0.271 e. The maximum absolute atomic E-state index is 13.5. The quantitative estimate of drug-likeness (QED) is 0.510. The molecule has 0 amide bonds. The summed E-state index contributed by atoms with van der Waals surface area (Å²) in [6.45, 7) is 1.41.